The van der Waals surface area contributed by atoms with Gasteiger partial charge in [-0.25, -0.2) is 4.79 Å². The van der Waals surface area contributed by atoms with Gasteiger partial charge in [0.05, 0.1) is 5.56 Å². The predicted octanol–water partition coefficient (Wildman–Crippen LogP) is 3.14. The molecule has 0 fully saturated rings. The number of carbonyl (C=O) groups is 1. The molecule has 0 saturated heterocycles. The zero-order chi connectivity index (χ0) is 10.1. The van der Waals surface area contributed by atoms with E-state index in [2.05, 4.69) is 22.6 Å². The number of aromatic carboxylic acids is 1. The van der Waals surface area contributed by atoms with Gasteiger partial charge in [-0.1, -0.05) is 24.3 Å². The summed E-state index contributed by atoms with van der Waals surface area (Å²) in [5.41, 5.74) is 0.341. The van der Waals surface area contributed by atoms with Crippen LogP contribution in [0.3, 0.4) is 0 Å². The van der Waals surface area contributed by atoms with Gasteiger partial charge in [-0.15, -0.1) is 0 Å². The first-order valence-corrected chi connectivity index (χ1v) is 5.18. The molecule has 0 aliphatic carbocycles. The Labute approximate surface area is 94.7 Å². The smallest absolute Gasteiger partial charge is 0.335 e. The Morgan fingerprint density at radius 3 is 2.64 bits per heavy atom. The van der Waals surface area contributed by atoms with Crippen molar-refractivity contribution in [3.8, 4) is 0 Å². The standard InChI is InChI=1S/C11H7IO2/c12-10-6-8(11(13)14)5-7-3-1-2-4-9(7)10/h1-6H,(H,13,14). The molecule has 0 heterocycles. The number of hydrogen-bond donors (Lipinski definition) is 1. The van der Waals surface area contributed by atoms with E-state index in [0.29, 0.717) is 5.56 Å². The highest BCUT2D eigenvalue weighted by Gasteiger charge is 2.06. The Balaban J connectivity index is 2.78. The molecule has 2 rings (SSSR count). The van der Waals surface area contributed by atoms with Gasteiger partial charge in [-0.05, 0) is 45.5 Å². The molecule has 2 nitrogen and oxygen atoms in total. The van der Waals surface area contributed by atoms with Crippen LogP contribution < -0.4 is 0 Å². The van der Waals surface area contributed by atoms with Gasteiger partial charge < -0.3 is 5.11 Å². The molecule has 2 aromatic rings. The summed E-state index contributed by atoms with van der Waals surface area (Å²) in [4.78, 5) is 10.8. The van der Waals surface area contributed by atoms with Crippen LogP contribution in [-0.4, -0.2) is 11.1 Å². The second-order valence-corrected chi connectivity index (χ2v) is 4.15. The number of halogens is 1. The van der Waals surface area contributed by atoms with E-state index in [-0.39, 0.29) is 0 Å². The highest BCUT2D eigenvalue weighted by molar-refractivity contribution is 14.1. The third-order valence-corrected chi connectivity index (χ3v) is 2.95. The van der Waals surface area contributed by atoms with Gasteiger partial charge in [0.1, 0.15) is 0 Å². The molecule has 0 unspecified atom stereocenters. The first kappa shape index (κ1) is 9.45. The molecular formula is C11H7IO2. The molecule has 14 heavy (non-hydrogen) atoms. The Morgan fingerprint density at radius 1 is 1.21 bits per heavy atom. The maximum atomic E-state index is 10.8. The van der Waals surface area contributed by atoms with Crippen molar-refractivity contribution in [2.45, 2.75) is 0 Å². The lowest BCUT2D eigenvalue weighted by Crippen LogP contribution is -1.96. The molecule has 2 aromatic carbocycles. The maximum Gasteiger partial charge on any atom is 0.335 e. The van der Waals surface area contributed by atoms with Crippen molar-refractivity contribution in [1.82, 2.24) is 0 Å². The quantitative estimate of drug-likeness (QED) is 0.821. The topological polar surface area (TPSA) is 37.3 Å². The lowest BCUT2D eigenvalue weighted by atomic mass is 10.1. The van der Waals surface area contributed by atoms with Crippen LogP contribution in [0.1, 0.15) is 10.4 Å². The second-order valence-electron chi connectivity index (χ2n) is 2.98. The van der Waals surface area contributed by atoms with Crippen molar-refractivity contribution in [3.63, 3.8) is 0 Å². The normalized spacial score (nSPS) is 10.4. The van der Waals surface area contributed by atoms with Crippen LogP contribution >= 0.6 is 22.6 Å². The fraction of sp³-hybridized carbons (Fsp3) is 0. The van der Waals surface area contributed by atoms with Crippen LogP contribution in [0.2, 0.25) is 0 Å². The molecule has 0 aliphatic heterocycles. The zero-order valence-corrected chi connectivity index (χ0v) is 9.36. The predicted molar refractivity (Wildman–Crippen MR) is 63.6 cm³/mol. The van der Waals surface area contributed by atoms with Crippen molar-refractivity contribution in [1.29, 1.82) is 0 Å². The summed E-state index contributed by atoms with van der Waals surface area (Å²) in [6, 6.07) is 11.1. The summed E-state index contributed by atoms with van der Waals surface area (Å²) in [6.45, 7) is 0. The fourth-order valence-corrected chi connectivity index (χ4v) is 2.21. The lowest BCUT2D eigenvalue weighted by Gasteiger charge is -2.02. The number of rotatable bonds is 1. The summed E-state index contributed by atoms with van der Waals surface area (Å²) >= 11 is 2.15. The Bertz CT molecular complexity index is 506. The monoisotopic (exact) mass is 298 g/mol. The lowest BCUT2D eigenvalue weighted by molar-refractivity contribution is 0.0697. The minimum Gasteiger partial charge on any atom is -0.478 e. The van der Waals surface area contributed by atoms with Gasteiger partial charge in [-0.3, -0.25) is 0 Å². The van der Waals surface area contributed by atoms with E-state index in [1.807, 2.05) is 24.3 Å². The Kier molecular flexibility index (Phi) is 2.41. The summed E-state index contributed by atoms with van der Waals surface area (Å²) in [7, 11) is 0. The molecule has 0 aromatic heterocycles. The number of carboxylic acid groups (broad SMARTS) is 1. The van der Waals surface area contributed by atoms with Crippen LogP contribution in [0.25, 0.3) is 10.8 Å². The summed E-state index contributed by atoms with van der Waals surface area (Å²) in [6.07, 6.45) is 0. The third-order valence-electron chi connectivity index (χ3n) is 2.06. The van der Waals surface area contributed by atoms with Gasteiger partial charge >= 0.3 is 5.97 Å². The Morgan fingerprint density at radius 2 is 1.93 bits per heavy atom. The first-order chi connectivity index (χ1) is 6.68. The molecule has 70 valence electrons. The number of benzene rings is 2. The van der Waals surface area contributed by atoms with Gasteiger partial charge in [0.25, 0.3) is 0 Å². The first-order valence-electron chi connectivity index (χ1n) is 4.10. The van der Waals surface area contributed by atoms with Crippen molar-refractivity contribution >= 4 is 39.3 Å². The average Bonchev–Trinajstić information content (AvgIpc) is 2.17. The van der Waals surface area contributed by atoms with Crippen molar-refractivity contribution in [2.75, 3.05) is 0 Å². The largest absolute Gasteiger partial charge is 0.478 e. The van der Waals surface area contributed by atoms with E-state index in [9.17, 15) is 4.79 Å². The maximum absolute atomic E-state index is 10.8. The molecule has 3 heteroatoms. The van der Waals surface area contributed by atoms with E-state index in [4.69, 9.17) is 5.11 Å². The van der Waals surface area contributed by atoms with E-state index in [0.717, 1.165) is 14.3 Å². The van der Waals surface area contributed by atoms with Gasteiger partial charge in [0.2, 0.25) is 0 Å². The summed E-state index contributed by atoms with van der Waals surface area (Å²) < 4.78 is 0.970. The van der Waals surface area contributed by atoms with Crippen LogP contribution in [-0.2, 0) is 0 Å². The van der Waals surface area contributed by atoms with Crippen LogP contribution in [0.15, 0.2) is 36.4 Å². The highest BCUT2D eigenvalue weighted by atomic mass is 127. The Hall–Kier alpha value is -1.10. The molecule has 0 bridgehead atoms. The van der Waals surface area contributed by atoms with Crippen LogP contribution in [0.5, 0.6) is 0 Å². The molecule has 0 saturated carbocycles. The van der Waals surface area contributed by atoms with E-state index < -0.39 is 5.97 Å². The van der Waals surface area contributed by atoms with Gasteiger partial charge in [-0.2, -0.15) is 0 Å². The third kappa shape index (κ3) is 1.59. The van der Waals surface area contributed by atoms with Crippen LogP contribution in [0, 0.1) is 3.57 Å². The molecule has 0 atom stereocenters. The molecule has 1 N–H and O–H groups in total. The molecular weight excluding hydrogens is 291 g/mol. The SMILES string of the molecule is O=C(O)c1cc(I)c2ccccc2c1. The fourth-order valence-electron chi connectivity index (χ4n) is 1.39. The summed E-state index contributed by atoms with van der Waals surface area (Å²) in [5.74, 6) is -0.881. The van der Waals surface area contributed by atoms with E-state index in [1.54, 1.807) is 12.1 Å². The average molecular weight is 298 g/mol. The molecule has 0 radical (unpaired) electrons. The van der Waals surface area contributed by atoms with Gasteiger partial charge in [0.15, 0.2) is 0 Å². The van der Waals surface area contributed by atoms with Gasteiger partial charge in [0, 0.05) is 3.57 Å². The molecule has 0 amide bonds. The minimum absolute atomic E-state index is 0.341. The molecule has 0 spiro atoms. The molecule has 0 aliphatic rings. The number of hydrogen-bond acceptors (Lipinski definition) is 1. The summed E-state index contributed by atoms with van der Waals surface area (Å²) in [5, 5.41) is 10.9. The van der Waals surface area contributed by atoms with Crippen LogP contribution in [0.4, 0.5) is 0 Å². The zero-order valence-electron chi connectivity index (χ0n) is 7.20. The van der Waals surface area contributed by atoms with Crippen molar-refractivity contribution in [3.05, 3.63) is 45.5 Å². The highest BCUT2D eigenvalue weighted by Crippen LogP contribution is 2.22. The number of fused-ring (bicyclic) bond motifs is 1. The van der Waals surface area contributed by atoms with E-state index in [1.165, 1.54) is 0 Å². The van der Waals surface area contributed by atoms with Crippen molar-refractivity contribution in [2.24, 2.45) is 0 Å². The van der Waals surface area contributed by atoms with E-state index >= 15 is 0 Å². The number of carboxylic acids is 1. The second kappa shape index (κ2) is 3.57. The van der Waals surface area contributed by atoms with Crippen molar-refractivity contribution < 1.29 is 9.90 Å². The minimum atomic E-state index is -0.881.